The summed E-state index contributed by atoms with van der Waals surface area (Å²) in [6.07, 6.45) is 1.22. The quantitative estimate of drug-likeness (QED) is 0.640. The number of piperazine rings is 1. The standard InChI is InChI=1S/C10H20N2O/c1-8-5-12(6-9(2)11-8)10-3-4-13-7-10/h8-11H,3-7H2,1-2H3. The van der Waals surface area contributed by atoms with Crippen molar-refractivity contribution >= 4 is 0 Å². The second-order valence-electron chi connectivity index (χ2n) is 4.44. The van der Waals surface area contributed by atoms with Crippen LogP contribution in [0.4, 0.5) is 0 Å². The highest BCUT2D eigenvalue weighted by Crippen LogP contribution is 2.15. The molecular formula is C10H20N2O. The fourth-order valence-electron chi connectivity index (χ4n) is 2.48. The number of hydrogen-bond acceptors (Lipinski definition) is 3. The van der Waals surface area contributed by atoms with E-state index in [0.29, 0.717) is 18.1 Å². The van der Waals surface area contributed by atoms with Gasteiger partial charge in [0.05, 0.1) is 6.61 Å². The predicted octanol–water partition coefficient (Wildman–Crippen LogP) is 0.457. The summed E-state index contributed by atoms with van der Waals surface area (Å²) in [5.41, 5.74) is 0. The number of hydrogen-bond donors (Lipinski definition) is 1. The van der Waals surface area contributed by atoms with Crippen LogP contribution in [-0.2, 0) is 4.74 Å². The van der Waals surface area contributed by atoms with Crippen molar-refractivity contribution < 1.29 is 4.74 Å². The minimum absolute atomic E-state index is 0.629. The zero-order valence-corrected chi connectivity index (χ0v) is 8.62. The van der Waals surface area contributed by atoms with Crippen molar-refractivity contribution in [2.24, 2.45) is 0 Å². The van der Waals surface area contributed by atoms with Crippen molar-refractivity contribution in [2.75, 3.05) is 26.3 Å². The molecule has 2 saturated heterocycles. The van der Waals surface area contributed by atoms with Gasteiger partial charge in [-0.1, -0.05) is 0 Å². The first-order valence-electron chi connectivity index (χ1n) is 5.33. The molecule has 1 N–H and O–H groups in total. The Morgan fingerprint density at radius 3 is 2.46 bits per heavy atom. The fraction of sp³-hybridized carbons (Fsp3) is 1.00. The molecule has 2 aliphatic heterocycles. The van der Waals surface area contributed by atoms with Gasteiger partial charge < -0.3 is 10.1 Å². The molecule has 0 radical (unpaired) electrons. The molecule has 3 atom stereocenters. The minimum atomic E-state index is 0.629. The van der Waals surface area contributed by atoms with E-state index in [1.807, 2.05) is 0 Å². The number of nitrogens with one attached hydrogen (secondary N) is 1. The normalized spacial score (nSPS) is 42.5. The van der Waals surface area contributed by atoms with E-state index in [1.165, 1.54) is 19.5 Å². The molecule has 2 fully saturated rings. The molecule has 0 bridgehead atoms. The van der Waals surface area contributed by atoms with Gasteiger partial charge in [-0.2, -0.15) is 0 Å². The van der Waals surface area contributed by atoms with Crippen LogP contribution in [0, 0.1) is 0 Å². The molecule has 0 amide bonds. The van der Waals surface area contributed by atoms with Crippen LogP contribution in [0.25, 0.3) is 0 Å². The first-order chi connectivity index (χ1) is 6.25. The topological polar surface area (TPSA) is 24.5 Å². The average molecular weight is 184 g/mol. The molecule has 0 saturated carbocycles. The average Bonchev–Trinajstić information content (AvgIpc) is 2.53. The predicted molar refractivity (Wildman–Crippen MR) is 52.9 cm³/mol. The lowest BCUT2D eigenvalue weighted by Crippen LogP contribution is -2.57. The first-order valence-corrected chi connectivity index (χ1v) is 5.33. The summed E-state index contributed by atoms with van der Waals surface area (Å²) < 4.78 is 5.42. The summed E-state index contributed by atoms with van der Waals surface area (Å²) in [5.74, 6) is 0. The lowest BCUT2D eigenvalue weighted by atomic mass is 10.1. The Bertz CT molecular complexity index is 158. The molecule has 2 heterocycles. The van der Waals surface area contributed by atoms with Crippen LogP contribution in [0.1, 0.15) is 20.3 Å². The molecule has 0 aromatic heterocycles. The molecular weight excluding hydrogens is 164 g/mol. The van der Waals surface area contributed by atoms with E-state index in [1.54, 1.807) is 0 Å². The number of nitrogens with zero attached hydrogens (tertiary/aromatic N) is 1. The van der Waals surface area contributed by atoms with Crippen molar-refractivity contribution in [3.63, 3.8) is 0 Å². The minimum Gasteiger partial charge on any atom is -0.380 e. The molecule has 0 aliphatic carbocycles. The second-order valence-corrected chi connectivity index (χ2v) is 4.44. The van der Waals surface area contributed by atoms with Gasteiger partial charge in [-0.3, -0.25) is 4.90 Å². The van der Waals surface area contributed by atoms with E-state index in [0.717, 1.165) is 13.2 Å². The summed E-state index contributed by atoms with van der Waals surface area (Å²) in [7, 11) is 0. The molecule has 2 rings (SSSR count). The van der Waals surface area contributed by atoms with Gasteiger partial charge in [0.2, 0.25) is 0 Å². The largest absolute Gasteiger partial charge is 0.380 e. The third-order valence-corrected chi connectivity index (χ3v) is 3.01. The van der Waals surface area contributed by atoms with E-state index < -0.39 is 0 Å². The number of ether oxygens (including phenoxy) is 1. The maximum absolute atomic E-state index is 5.42. The monoisotopic (exact) mass is 184 g/mol. The van der Waals surface area contributed by atoms with Crippen molar-refractivity contribution in [1.29, 1.82) is 0 Å². The molecule has 76 valence electrons. The Hall–Kier alpha value is -0.120. The Balaban J connectivity index is 1.90. The molecule has 3 unspecified atom stereocenters. The molecule has 13 heavy (non-hydrogen) atoms. The summed E-state index contributed by atoms with van der Waals surface area (Å²) in [6, 6.07) is 1.95. The summed E-state index contributed by atoms with van der Waals surface area (Å²) in [4.78, 5) is 2.58. The lowest BCUT2D eigenvalue weighted by molar-refractivity contribution is 0.103. The van der Waals surface area contributed by atoms with Gasteiger partial charge in [0.15, 0.2) is 0 Å². The zero-order valence-electron chi connectivity index (χ0n) is 8.62. The molecule has 0 aromatic rings. The van der Waals surface area contributed by atoms with Gasteiger partial charge in [0.1, 0.15) is 0 Å². The third kappa shape index (κ3) is 2.22. The molecule has 3 heteroatoms. The second kappa shape index (κ2) is 3.95. The van der Waals surface area contributed by atoms with Gasteiger partial charge in [-0.05, 0) is 20.3 Å². The van der Waals surface area contributed by atoms with Gasteiger partial charge in [-0.15, -0.1) is 0 Å². The van der Waals surface area contributed by atoms with Crippen molar-refractivity contribution in [3.05, 3.63) is 0 Å². The van der Waals surface area contributed by atoms with Crippen LogP contribution < -0.4 is 5.32 Å². The highest BCUT2D eigenvalue weighted by atomic mass is 16.5. The van der Waals surface area contributed by atoms with Gasteiger partial charge >= 0.3 is 0 Å². The van der Waals surface area contributed by atoms with E-state index in [-0.39, 0.29) is 0 Å². The van der Waals surface area contributed by atoms with Gasteiger partial charge in [0, 0.05) is 37.8 Å². The van der Waals surface area contributed by atoms with E-state index in [9.17, 15) is 0 Å². The van der Waals surface area contributed by atoms with Gasteiger partial charge in [0.25, 0.3) is 0 Å². The van der Waals surface area contributed by atoms with E-state index in [2.05, 4.69) is 24.1 Å². The van der Waals surface area contributed by atoms with Crippen LogP contribution >= 0.6 is 0 Å². The summed E-state index contributed by atoms with van der Waals surface area (Å²) in [6.45, 7) is 8.78. The van der Waals surface area contributed by atoms with E-state index in [4.69, 9.17) is 4.74 Å². The molecule has 3 nitrogen and oxygen atoms in total. The van der Waals surface area contributed by atoms with Gasteiger partial charge in [-0.25, -0.2) is 0 Å². The summed E-state index contributed by atoms with van der Waals surface area (Å²) in [5, 5.41) is 3.55. The highest BCUT2D eigenvalue weighted by Gasteiger charge is 2.28. The van der Waals surface area contributed by atoms with Crippen LogP contribution in [0.3, 0.4) is 0 Å². The molecule has 0 spiro atoms. The number of rotatable bonds is 1. The fourth-order valence-corrected chi connectivity index (χ4v) is 2.48. The first kappa shape index (κ1) is 9.44. The molecule has 2 aliphatic rings. The maximum Gasteiger partial charge on any atom is 0.0622 e. The maximum atomic E-state index is 5.42. The smallest absolute Gasteiger partial charge is 0.0622 e. The highest BCUT2D eigenvalue weighted by molar-refractivity contribution is 4.86. The van der Waals surface area contributed by atoms with E-state index >= 15 is 0 Å². The lowest BCUT2D eigenvalue weighted by Gasteiger charge is -2.39. The van der Waals surface area contributed by atoms with Crippen LogP contribution in [0.5, 0.6) is 0 Å². The Morgan fingerprint density at radius 2 is 1.92 bits per heavy atom. The van der Waals surface area contributed by atoms with Crippen LogP contribution in [-0.4, -0.2) is 49.3 Å². The summed E-state index contributed by atoms with van der Waals surface area (Å²) >= 11 is 0. The molecule has 0 aromatic carbocycles. The van der Waals surface area contributed by atoms with Crippen LogP contribution in [0.15, 0.2) is 0 Å². The Kier molecular flexibility index (Phi) is 2.86. The Morgan fingerprint density at radius 1 is 1.23 bits per heavy atom. The zero-order chi connectivity index (χ0) is 9.26. The van der Waals surface area contributed by atoms with Crippen LogP contribution in [0.2, 0.25) is 0 Å². The van der Waals surface area contributed by atoms with Crippen molar-refractivity contribution in [3.8, 4) is 0 Å². The Labute approximate surface area is 80.4 Å². The van der Waals surface area contributed by atoms with Crippen molar-refractivity contribution in [2.45, 2.75) is 38.4 Å². The SMILES string of the molecule is CC1CN(C2CCOC2)CC(C)N1. The van der Waals surface area contributed by atoms with Crippen molar-refractivity contribution in [1.82, 2.24) is 10.2 Å². The third-order valence-electron chi connectivity index (χ3n) is 3.01.